The molecule has 0 aromatic heterocycles. The van der Waals surface area contributed by atoms with Crippen molar-refractivity contribution in [3.05, 3.63) is 65.7 Å². The largest absolute Gasteiger partial charge is 0.387 e. The lowest BCUT2D eigenvalue weighted by molar-refractivity contribution is -0.114. The molecule has 0 fully saturated rings. The van der Waals surface area contributed by atoms with E-state index in [1.54, 1.807) is 12.1 Å². The second-order valence-corrected chi connectivity index (χ2v) is 5.50. The van der Waals surface area contributed by atoms with Crippen molar-refractivity contribution in [2.45, 2.75) is 19.6 Å². The summed E-state index contributed by atoms with van der Waals surface area (Å²) in [5.41, 5.74) is 2.80. The second-order valence-electron chi connectivity index (χ2n) is 5.50. The zero-order valence-electron chi connectivity index (χ0n) is 13.0. The van der Waals surface area contributed by atoms with Crippen LogP contribution in [0.4, 0.5) is 5.69 Å². The molecule has 1 amide bonds. The minimum Gasteiger partial charge on any atom is -0.387 e. The first-order chi connectivity index (χ1) is 10.5. The molecule has 4 heteroatoms. The van der Waals surface area contributed by atoms with Crippen molar-refractivity contribution >= 4 is 11.6 Å². The smallest absolute Gasteiger partial charge is 0.221 e. The molecule has 0 spiro atoms. The fraction of sp³-hybridized carbons (Fsp3) is 0.278. The maximum Gasteiger partial charge on any atom is 0.221 e. The predicted octanol–water partition coefficient (Wildman–Crippen LogP) is 2.81. The van der Waals surface area contributed by atoms with Crippen LogP contribution >= 0.6 is 0 Å². The number of carbonyl (C=O) groups is 1. The van der Waals surface area contributed by atoms with Gasteiger partial charge < -0.3 is 10.4 Å². The first kappa shape index (κ1) is 16.2. The summed E-state index contributed by atoms with van der Waals surface area (Å²) in [6.07, 6.45) is -0.555. The molecule has 2 aromatic rings. The zero-order chi connectivity index (χ0) is 15.9. The number of nitrogens with one attached hydrogen (secondary N) is 1. The lowest BCUT2D eigenvalue weighted by Gasteiger charge is -2.21. The standard InChI is InChI=1S/C18H22N2O2/c1-14(21)19-17-10-8-16(9-11-17)18(22)13-20(2)12-15-6-4-3-5-7-15/h3-11,18,22H,12-13H2,1-2H3,(H,19,21). The van der Waals surface area contributed by atoms with E-state index in [0.717, 1.165) is 17.8 Å². The minimum absolute atomic E-state index is 0.101. The van der Waals surface area contributed by atoms with Crippen LogP contribution in [0.25, 0.3) is 0 Å². The molecule has 0 aliphatic heterocycles. The molecule has 2 rings (SSSR count). The third kappa shape index (κ3) is 4.98. The second kappa shape index (κ2) is 7.73. The summed E-state index contributed by atoms with van der Waals surface area (Å²) in [5.74, 6) is -0.101. The molecule has 1 unspecified atom stereocenters. The Morgan fingerprint density at radius 2 is 1.77 bits per heavy atom. The summed E-state index contributed by atoms with van der Waals surface area (Å²) in [4.78, 5) is 13.1. The van der Waals surface area contributed by atoms with E-state index in [2.05, 4.69) is 22.3 Å². The van der Waals surface area contributed by atoms with Crippen molar-refractivity contribution in [3.63, 3.8) is 0 Å². The average Bonchev–Trinajstić information content (AvgIpc) is 2.48. The molecular formula is C18H22N2O2. The van der Waals surface area contributed by atoms with Gasteiger partial charge >= 0.3 is 0 Å². The number of carbonyl (C=O) groups excluding carboxylic acids is 1. The number of aliphatic hydroxyl groups excluding tert-OH is 1. The number of benzene rings is 2. The van der Waals surface area contributed by atoms with Crippen LogP contribution in [0, 0.1) is 0 Å². The monoisotopic (exact) mass is 298 g/mol. The molecule has 2 N–H and O–H groups in total. The van der Waals surface area contributed by atoms with Gasteiger partial charge in [-0.2, -0.15) is 0 Å². The summed E-state index contributed by atoms with van der Waals surface area (Å²) in [6.45, 7) is 2.82. The van der Waals surface area contributed by atoms with Crippen LogP contribution < -0.4 is 5.32 Å². The molecule has 0 saturated carbocycles. The molecular weight excluding hydrogens is 276 g/mol. The molecule has 0 saturated heterocycles. The highest BCUT2D eigenvalue weighted by Gasteiger charge is 2.11. The molecule has 22 heavy (non-hydrogen) atoms. The van der Waals surface area contributed by atoms with Crippen molar-refractivity contribution in [1.29, 1.82) is 0 Å². The maximum atomic E-state index is 11.0. The molecule has 0 aliphatic carbocycles. The van der Waals surface area contributed by atoms with E-state index < -0.39 is 6.10 Å². The first-order valence-corrected chi connectivity index (χ1v) is 7.32. The number of anilines is 1. The molecule has 116 valence electrons. The van der Waals surface area contributed by atoms with Crippen LogP contribution in [0.5, 0.6) is 0 Å². The number of rotatable bonds is 6. The van der Waals surface area contributed by atoms with Crippen LogP contribution in [-0.2, 0) is 11.3 Å². The van der Waals surface area contributed by atoms with Gasteiger partial charge in [0.1, 0.15) is 0 Å². The molecule has 1 atom stereocenters. The first-order valence-electron chi connectivity index (χ1n) is 7.32. The molecule has 0 bridgehead atoms. The Balaban J connectivity index is 1.91. The van der Waals surface area contributed by atoms with Crippen LogP contribution in [0.2, 0.25) is 0 Å². The fourth-order valence-corrected chi connectivity index (χ4v) is 2.35. The van der Waals surface area contributed by atoms with Crippen molar-refractivity contribution in [3.8, 4) is 0 Å². The lowest BCUT2D eigenvalue weighted by Crippen LogP contribution is -2.24. The van der Waals surface area contributed by atoms with Gasteiger partial charge in [0.15, 0.2) is 0 Å². The van der Waals surface area contributed by atoms with E-state index in [4.69, 9.17) is 0 Å². The van der Waals surface area contributed by atoms with Crippen LogP contribution in [-0.4, -0.2) is 29.5 Å². The van der Waals surface area contributed by atoms with Gasteiger partial charge in [0, 0.05) is 25.7 Å². The van der Waals surface area contributed by atoms with E-state index in [-0.39, 0.29) is 5.91 Å². The minimum atomic E-state index is -0.555. The van der Waals surface area contributed by atoms with E-state index in [9.17, 15) is 9.90 Å². The number of hydrogen-bond acceptors (Lipinski definition) is 3. The van der Waals surface area contributed by atoms with Crippen molar-refractivity contribution in [2.24, 2.45) is 0 Å². The third-order valence-electron chi connectivity index (χ3n) is 3.40. The quantitative estimate of drug-likeness (QED) is 0.862. The van der Waals surface area contributed by atoms with Gasteiger partial charge in [-0.1, -0.05) is 42.5 Å². The number of nitrogens with zero attached hydrogens (tertiary/aromatic N) is 1. The number of aliphatic hydroxyl groups is 1. The molecule has 0 heterocycles. The highest BCUT2D eigenvalue weighted by molar-refractivity contribution is 5.88. The molecule has 4 nitrogen and oxygen atoms in total. The van der Waals surface area contributed by atoms with E-state index >= 15 is 0 Å². The van der Waals surface area contributed by atoms with Crippen LogP contribution in [0.15, 0.2) is 54.6 Å². The molecule has 0 aliphatic rings. The Labute approximate surface area is 131 Å². The Hall–Kier alpha value is -2.17. The SMILES string of the molecule is CC(=O)Nc1ccc(C(O)CN(C)Cc2ccccc2)cc1. The normalized spacial score (nSPS) is 12.2. The number of amides is 1. The molecule has 0 radical (unpaired) electrons. The van der Waals surface area contributed by atoms with Gasteiger partial charge in [-0.15, -0.1) is 0 Å². The van der Waals surface area contributed by atoms with Crippen molar-refractivity contribution in [1.82, 2.24) is 4.90 Å². The van der Waals surface area contributed by atoms with Crippen LogP contribution in [0.3, 0.4) is 0 Å². The van der Waals surface area contributed by atoms with Crippen LogP contribution in [0.1, 0.15) is 24.2 Å². The van der Waals surface area contributed by atoms with Crippen molar-refractivity contribution in [2.75, 3.05) is 18.9 Å². The van der Waals surface area contributed by atoms with Crippen molar-refractivity contribution < 1.29 is 9.90 Å². The highest BCUT2D eigenvalue weighted by atomic mass is 16.3. The van der Waals surface area contributed by atoms with Gasteiger partial charge in [0.05, 0.1) is 6.10 Å². The summed E-state index contributed by atoms with van der Waals surface area (Å²) < 4.78 is 0. The summed E-state index contributed by atoms with van der Waals surface area (Å²) in [7, 11) is 1.99. The topological polar surface area (TPSA) is 52.6 Å². The number of likely N-dealkylation sites (N-methyl/N-ethyl adjacent to an activating group) is 1. The van der Waals surface area contributed by atoms with Gasteiger partial charge in [-0.3, -0.25) is 9.69 Å². The Morgan fingerprint density at radius 3 is 2.36 bits per heavy atom. The van der Waals surface area contributed by atoms with E-state index in [1.165, 1.54) is 12.5 Å². The summed E-state index contributed by atoms with van der Waals surface area (Å²) in [6, 6.07) is 17.5. The Bertz CT molecular complexity index is 596. The van der Waals surface area contributed by atoms with Gasteiger partial charge in [-0.05, 0) is 30.3 Å². The predicted molar refractivity (Wildman–Crippen MR) is 88.5 cm³/mol. The van der Waals surface area contributed by atoms with Gasteiger partial charge in [0.2, 0.25) is 5.91 Å². The Morgan fingerprint density at radius 1 is 1.14 bits per heavy atom. The average molecular weight is 298 g/mol. The Kier molecular flexibility index (Phi) is 5.69. The third-order valence-corrected chi connectivity index (χ3v) is 3.40. The number of hydrogen-bond donors (Lipinski definition) is 2. The molecule has 2 aromatic carbocycles. The summed E-state index contributed by atoms with van der Waals surface area (Å²) >= 11 is 0. The van der Waals surface area contributed by atoms with Gasteiger partial charge in [-0.25, -0.2) is 0 Å². The zero-order valence-corrected chi connectivity index (χ0v) is 13.0. The van der Waals surface area contributed by atoms with E-state index in [0.29, 0.717) is 6.54 Å². The lowest BCUT2D eigenvalue weighted by atomic mass is 10.1. The fourth-order valence-electron chi connectivity index (χ4n) is 2.35. The highest BCUT2D eigenvalue weighted by Crippen LogP contribution is 2.18. The maximum absolute atomic E-state index is 11.0. The van der Waals surface area contributed by atoms with Gasteiger partial charge in [0.25, 0.3) is 0 Å². The van der Waals surface area contributed by atoms with E-state index in [1.807, 2.05) is 37.4 Å². The summed E-state index contributed by atoms with van der Waals surface area (Å²) in [5, 5.41) is 13.0.